The quantitative estimate of drug-likeness (QED) is 0.710. The number of pyridine rings is 1. The van der Waals surface area contributed by atoms with Gasteiger partial charge in [0.05, 0.1) is 0 Å². The number of hydrogen-bond acceptors (Lipinski definition) is 4. The van der Waals surface area contributed by atoms with Crippen molar-refractivity contribution in [1.29, 1.82) is 0 Å². The van der Waals surface area contributed by atoms with Gasteiger partial charge in [0.15, 0.2) is 0 Å². The largest absolute Gasteiger partial charge is 0.461 e. The summed E-state index contributed by atoms with van der Waals surface area (Å²) < 4.78 is 4.85. The molecule has 0 spiro atoms. The van der Waals surface area contributed by atoms with Crippen LogP contribution in [0.1, 0.15) is 12.5 Å². The number of hydrogen-bond donors (Lipinski definition) is 1. The Kier molecular flexibility index (Phi) is 3.25. The molecule has 0 amide bonds. The number of anilines is 1. The zero-order chi connectivity index (χ0) is 9.68. The van der Waals surface area contributed by atoms with Gasteiger partial charge in [-0.3, -0.25) is 4.79 Å². The molecule has 1 aromatic rings. The van der Waals surface area contributed by atoms with E-state index in [1.54, 1.807) is 19.3 Å². The molecule has 4 nitrogen and oxygen atoms in total. The summed E-state index contributed by atoms with van der Waals surface area (Å²) in [4.78, 5) is 14.6. The standard InChI is InChI=1S/C9H12N2O2/c1-7(12)13-6-8-4-3-5-11-9(8)10-2/h3-5H,6H2,1-2H3,(H,10,11). The second-order valence-corrected chi connectivity index (χ2v) is 2.54. The summed E-state index contributed by atoms with van der Waals surface area (Å²) in [6, 6.07) is 3.67. The Hall–Kier alpha value is -1.58. The topological polar surface area (TPSA) is 51.2 Å². The van der Waals surface area contributed by atoms with Gasteiger partial charge >= 0.3 is 5.97 Å². The molecule has 0 fully saturated rings. The van der Waals surface area contributed by atoms with Crippen LogP contribution in [0.2, 0.25) is 0 Å². The summed E-state index contributed by atoms with van der Waals surface area (Å²) in [5.74, 6) is 0.453. The number of esters is 1. The smallest absolute Gasteiger partial charge is 0.302 e. The van der Waals surface area contributed by atoms with Crippen LogP contribution < -0.4 is 5.32 Å². The molecule has 4 heteroatoms. The highest BCUT2D eigenvalue weighted by molar-refractivity contribution is 5.66. The van der Waals surface area contributed by atoms with Gasteiger partial charge < -0.3 is 10.1 Å². The molecule has 0 aromatic carbocycles. The Labute approximate surface area is 76.9 Å². The molecule has 0 aliphatic carbocycles. The molecule has 0 unspecified atom stereocenters. The van der Waals surface area contributed by atoms with Crippen LogP contribution in [0.15, 0.2) is 18.3 Å². The van der Waals surface area contributed by atoms with E-state index >= 15 is 0 Å². The third-order valence-corrected chi connectivity index (χ3v) is 1.56. The zero-order valence-electron chi connectivity index (χ0n) is 7.70. The average molecular weight is 180 g/mol. The number of aromatic nitrogens is 1. The molecule has 0 aliphatic rings. The van der Waals surface area contributed by atoms with Crippen LogP contribution in [-0.2, 0) is 16.1 Å². The highest BCUT2D eigenvalue weighted by atomic mass is 16.5. The van der Waals surface area contributed by atoms with Crippen LogP contribution in [0.3, 0.4) is 0 Å². The monoisotopic (exact) mass is 180 g/mol. The van der Waals surface area contributed by atoms with Gasteiger partial charge in [0.2, 0.25) is 0 Å². The maximum absolute atomic E-state index is 10.6. The van der Waals surface area contributed by atoms with E-state index in [1.165, 1.54) is 6.92 Å². The number of ether oxygens (including phenoxy) is 1. The van der Waals surface area contributed by atoms with E-state index < -0.39 is 0 Å². The predicted molar refractivity (Wildman–Crippen MR) is 49.3 cm³/mol. The summed E-state index contributed by atoms with van der Waals surface area (Å²) >= 11 is 0. The molecular weight excluding hydrogens is 168 g/mol. The van der Waals surface area contributed by atoms with Crippen molar-refractivity contribution >= 4 is 11.8 Å². The zero-order valence-corrected chi connectivity index (χ0v) is 7.70. The van der Waals surface area contributed by atoms with E-state index in [1.807, 2.05) is 6.07 Å². The van der Waals surface area contributed by atoms with Crippen molar-refractivity contribution in [2.75, 3.05) is 12.4 Å². The fraction of sp³-hybridized carbons (Fsp3) is 0.333. The molecule has 70 valence electrons. The van der Waals surface area contributed by atoms with Crippen molar-refractivity contribution < 1.29 is 9.53 Å². The first-order valence-corrected chi connectivity index (χ1v) is 3.99. The fourth-order valence-corrected chi connectivity index (χ4v) is 0.960. The van der Waals surface area contributed by atoms with Crippen LogP contribution in [0.4, 0.5) is 5.82 Å². The van der Waals surface area contributed by atoms with Gasteiger partial charge in [-0.2, -0.15) is 0 Å². The Bertz CT molecular complexity index is 299. The number of nitrogens with zero attached hydrogens (tertiary/aromatic N) is 1. The maximum Gasteiger partial charge on any atom is 0.302 e. The Morgan fingerprint density at radius 3 is 3.08 bits per heavy atom. The molecule has 0 aliphatic heterocycles. The van der Waals surface area contributed by atoms with Crippen molar-refractivity contribution in [3.63, 3.8) is 0 Å². The summed E-state index contributed by atoms with van der Waals surface area (Å²) in [6.07, 6.45) is 1.68. The Morgan fingerprint density at radius 1 is 1.69 bits per heavy atom. The van der Waals surface area contributed by atoms with E-state index in [-0.39, 0.29) is 12.6 Å². The molecule has 0 atom stereocenters. The molecule has 0 radical (unpaired) electrons. The maximum atomic E-state index is 10.6. The van der Waals surface area contributed by atoms with Gasteiger partial charge in [-0.15, -0.1) is 0 Å². The minimum atomic E-state index is -0.286. The Morgan fingerprint density at radius 2 is 2.46 bits per heavy atom. The third-order valence-electron chi connectivity index (χ3n) is 1.56. The van der Waals surface area contributed by atoms with E-state index in [0.717, 1.165) is 11.4 Å². The second-order valence-electron chi connectivity index (χ2n) is 2.54. The molecular formula is C9H12N2O2. The number of carbonyl (C=O) groups excluding carboxylic acids is 1. The highest BCUT2D eigenvalue weighted by Crippen LogP contribution is 2.11. The third kappa shape index (κ3) is 2.74. The summed E-state index contributed by atoms with van der Waals surface area (Å²) in [7, 11) is 1.78. The Balaban J connectivity index is 2.69. The number of carbonyl (C=O) groups is 1. The van der Waals surface area contributed by atoms with Gasteiger partial charge in [-0.05, 0) is 6.07 Å². The van der Waals surface area contributed by atoms with Gasteiger partial charge in [-0.1, -0.05) is 6.07 Å². The lowest BCUT2D eigenvalue weighted by Gasteiger charge is -2.06. The van der Waals surface area contributed by atoms with Gasteiger partial charge in [0.1, 0.15) is 12.4 Å². The molecule has 0 saturated carbocycles. The number of rotatable bonds is 3. The van der Waals surface area contributed by atoms with E-state index in [9.17, 15) is 4.79 Å². The van der Waals surface area contributed by atoms with E-state index in [4.69, 9.17) is 4.74 Å². The van der Waals surface area contributed by atoms with Gasteiger partial charge in [0.25, 0.3) is 0 Å². The fourth-order valence-electron chi connectivity index (χ4n) is 0.960. The van der Waals surface area contributed by atoms with Gasteiger partial charge in [-0.25, -0.2) is 4.98 Å². The van der Waals surface area contributed by atoms with Crippen molar-refractivity contribution in [3.05, 3.63) is 23.9 Å². The molecule has 1 aromatic heterocycles. The summed E-state index contributed by atoms with van der Waals surface area (Å²) in [5.41, 5.74) is 0.875. The lowest BCUT2D eigenvalue weighted by atomic mass is 10.3. The lowest BCUT2D eigenvalue weighted by molar-refractivity contribution is -0.142. The van der Waals surface area contributed by atoms with Crippen LogP contribution >= 0.6 is 0 Å². The van der Waals surface area contributed by atoms with Crippen LogP contribution in [0.25, 0.3) is 0 Å². The number of nitrogens with one attached hydrogen (secondary N) is 1. The lowest BCUT2D eigenvalue weighted by Crippen LogP contribution is -2.03. The first kappa shape index (κ1) is 9.51. The summed E-state index contributed by atoms with van der Waals surface area (Å²) in [5, 5.41) is 2.92. The minimum Gasteiger partial charge on any atom is -0.461 e. The van der Waals surface area contributed by atoms with E-state index in [0.29, 0.717) is 0 Å². The van der Waals surface area contributed by atoms with Crippen LogP contribution in [0, 0.1) is 0 Å². The molecule has 13 heavy (non-hydrogen) atoms. The first-order valence-electron chi connectivity index (χ1n) is 3.99. The summed E-state index contributed by atoms with van der Waals surface area (Å²) in [6.45, 7) is 1.65. The molecule has 1 rings (SSSR count). The van der Waals surface area contributed by atoms with Crippen molar-refractivity contribution in [3.8, 4) is 0 Å². The van der Waals surface area contributed by atoms with Gasteiger partial charge in [0, 0.05) is 25.7 Å². The highest BCUT2D eigenvalue weighted by Gasteiger charge is 2.02. The molecule has 1 heterocycles. The van der Waals surface area contributed by atoms with Crippen LogP contribution in [0.5, 0.6) is 0 Å². The van der Waals surface area contributed by atoms with Crippen molar-refractivity contribution in [2.24, 2.45) is 0 Å². The van der Waals surface area contributed by atoms with Crippen LogP contribution in [-0.4, -0.2) is 18.0 Å². The average Bonchev–Trinajstić information content (AvgIpc) is 2.15. The SMILES string of the molecule is CNc1ncccc1COC(C)=O. The first-order chi connectivity index (χ1) is 6.24. The molecule has 0 bridgehead atoms. The second kappa shape index (κ2) is 4.45. The van der Waals surface area contributed by atoms with Crippen molar-refractivity contribution in [2.45, 2.75) is 13.5 Å². The van der Waals surface area contributed by atoms with Crippen molar-refractivity contribution in [1.82, 2.24) is 4.98 Å². The normalized spacial score (nSPS) is 9.38. The van der Waals surface area contributed by atoms with E-state index in [2.05, 4.69) is 10.3 Å². The minimum absolute atomic E-state index is 0.263. The molecule has 0 saturated heterocycles. The molecule has 1 N–H and O–H groups in total. The predicted octanol–water partition coefficient (Wildman–Crippen LogP) is 1.19.